The van der Waals surface area contributed by atoms with Crippen molar-refractivity contribution in [3.63, 3.8) is 0 Å². The van der Waals surface area contributed by atoms with E-state index in [1.165, 1.54) is 35.2 Å². The van der Waals surface area contributed by atoms with Gasteiger partial charge in [-0.05, 0) is 36.4 Å². The molecule has 0 fully saturated rings. The van der Waals surface area contributed by atoms with Crippen molar-refractivity contribution in [3.8, 4) is 11.5 Å². The maximum absolute atomic E-state index is 13.5. The maximum Gasteiger partial charge on any atom is 0.253 e. The first-order valence-electron chi connectivity index (χ1n) is 6.60. The number of ether oxygens (including phenoxy) is 1. The van der Waals surface area contributed by atoms with Crippen LogP contribution in [0.3, 0.4) is 0 Å². The maximum atomic E-state index is 13.5. The van der Waals surface area contributed by atoms with Gasteiger partial charge in [0.1, 0.15) is 11.6 Å². The normalized spacial score (nSPS) is 10.4. The van der Waals surface area contributed by atoms with Crippen molar-refractivity contribution < 1.29 is 23.4 Å². The molecular weight excluding hydrogens is 292 g/mol. The third kappa shape index (κ3) is 3.79. The summed E-state index contributed by atoms with van der Waals surface area (Å²) < 4.78 is 31.6. The summed E-state index contributed by atoms with van der Waals surface area (Å²) in [5.41, 5.74) is 0.419. The van der Waals surface area contributed by atoms with Crippen LogP contribution in [0.25, 0.3) is 0 Å². The van der Waals surface area contributed by atoms with Crippen LogP contribution in [-0.4, -0.2) is 36.1 Å². The largest absolute Gasteiger partial charge is 0.454 e. The number of likely N-dealkylation sites (N-methyl/N-ethyl adjacent to an activating group) is 1. The minimum absolute atomic E-state index is 0.0992. The highest BCUT2D eigenvalue weighted by molar-refractivity contribution is 5.94. The number of rotatable bonds is 5. The second-order valence-corrected chi connectivity index (χ2v) is 4.65. The molecule has 0 aromatic heterocycles. The highest BCUT2D eigenvalue weighted by Crippen LogP contribution is 2.25. The molecule has 1 N–H and O–H groups in total. The Labute approximate surface area is 126 Å². The van der Waals surface area contributed by atoms with E-state index in [0.29, 0.717) is 11.3 Å². The van der Waals surface area contributed by atoms with Gasteiger partial charge in [0.2, 0.25) is 0 Å². The number of aliphatic hydroxyl groups excluding tert-OH is 1. The molecule has 0 aliphatic heterocycles. The lowest BCUT2D eigenvalue weighted by atomic mass is 10.2. The van der Waals surface area contributed by atoms with Crippen LogP contribution >= 0.6 is 0 Å². The van der Waals surface area contributed by atoms with Gasteiger partial charge in [-0.15, -0.1) is 0 Å². The molecule has 0 aliphatic rings. The molecule has 4 nitrogen and oxygen atoms in total. The van der Waals surface area contributed by atoms with E-state index < -0.39 is 11.6 Å². The van der Waals surface area contributed by atoms with Crippen LogP contribution in [-0.2, 0) is 0 Å². The van der Waals surface area contributed by atoms with E-state index in [4.69, 9.17) is 9.84 Å². The topological polar surface area (TPSA) is 49.8 Å². The van der Waals surface area contributed by atoms with Gasteiger partial charge in [-0.1, -0.05) is 0 Å². The second kappa shape index (κ2) is 7.00. The molecule has 0 aliphatic carbocycles. The zero-order chi connectivity index (χ0) is 16.1. The lowest BCUT2D eigenvalue weighted by Crippen LogP contribution is -2.29. The van der Waals surface area contributed by atoms with Gasteiger partial charge in [0.05, 0.1) is 6.61 Å². The number of hydrogen-bond donors (Lipinski definition) is 1. The fourth-order valence-electron chi connectivity index (χ4n) is 1.82. The SMILES string of the molecule is CN(CCO)C(=O)c1ccc(Oc2ccc(F)cc2F)cc1. The summed E-state index contributed by atoms with van der Waals surface area (Å²) in [7, 11) is 1.58. The number of halogens is 2. The Bertz CT molecular complexity index is 659. The van der Waals surface area contributed by atoms with Crippen molar-refractivity contribution in [1.29, 1.82) is 0 Å². The average molecular weight is 307 g/mol. The number of amides is 1. The summed E-state index contributed by atoms with van der Waals surface area (Å²) in [6.45, 7) is 0.116. The number of benzene rings is 2. The monoisotopic (exact) mass is 307 g/mol. The summed E-state index contributed by atoms with van der Waals surface area (Å²) in [4.78, 5) is 13.4. The van der Waals surface area contributed by atoms with Crippen molar-refractivity contribution in [2.75, 3.05) is 20.2 Å². The molecule has 0 heterocycles. The van der Waals surface area contributed by atoms with Crippen molar-refractivity contribution in [2.24, 2.45) is 0 Å². The Balaban J connectivity index is 2.10. The molecule has 2 aromatic carbocycles. The lowest BCUT2D eigenvalue weighted by Gasteiger charge is -2.15. The number of hydrogen-bond acceptors (Lipinski definition) is 3. The van der Waals surface area contributed by atoms with E-state index in [-0.39, 0.29) is 24.8 Å². The lowest BCUT2D eigenvalue weighted by molar-refractivity contribution is 0.0767. The average Bonchev–Trinajstić information content (AvgIpc) is 2.50. The first-order valence-corrected chi connectivity index (χ1v) is 6.60. The summed E-state index contributed by atoms with van der Waals surface area (Å²) in [6, 6.07) is 9.13. The van der Waals surface area contributed by atoms with E-state index >= 15 is 0 Å². The highest BCUT2D eigenvalue weighted by atomic mass is 19.1. The summed E-state index contributed by atoms with van der Waals surface area (Å²) in [5, 5.41) is 8.81. The van der Waals surface area contributed by atoms with Gasteiger partial charge in [0.25, 0.3) is 5.91 Å². The summed E-state index contributed by atoms with van der Waals surface area (Å²) >= 11 is 0. The molecular formula is C16H15F2NO3. The third-order valence-electron chi connectivity index (χ3n) is 3.01. The molecule has 0 radical (unpaired) electrons. The number of nitrogens with zero attached hydrogens (tertiary/aromatic N) is 1. The highest BCUT2D eigenvalue weighted by Gasteiger charge is 2.11. The van der Waals surface area contributed by atoms with E-state index in [0.717, 1.165) is 12.1 Å². The predicted molar refractivity (Wildman–Crippen MR) is 76.9 cm³/mol. The van der Waals surface area contributed by atoms with Gasteiger partial charge in [-0.25, -0.2) is 8.78 Å². The molecule has 6 heteroatoms. The van der Waals surface area contributed by atoms with Crippen molar-refractivity contribution >= 4 is 5.91 Å². The minimum Gasteiger partial charge on any atom is -0.454 e. The Morgan fingerprint density at radius 3 is 2.45 bits per heavy atom. The molecule has 0 saturated heterocycles. The van der Waals surface area contributed by atoms with Gasteiger partial charge >= 0.3 is 0 Å². The van der Waals surface area contributed by atoms with Crippen LogP contribution in [0.4, 0.5) is 8.78 Å². The molecule has 0 bridgehead atoms. The molecule has 0 spiro atoms. The van der Waals surface area contributed by atoms with Crippen LogP contribution in [0, 0.1) is 11.6 Å². The van der Waals surface area contributed by atoms with Crippen LogP contribution < -0.4 is 4.74 Å². The van der Waals surface area contributed by atoms with E-state index in [2.05, 4.69) is 0 Å². The third-order valence-corrected chi connectivity index (χ3v) is 3.01. The van der Waals surface area contributed by atoms with Gasteiger partial charge in [0.15, 0.2) is 11.6 Å². The van der Waals surface area contributed by atoms with Gasteiger partial charge in [-0.2, -0.15) is 0 Å². The molecule has 1 amide bonds. The molecule has 2 aromatic rings. The molecule has 0 saturated carbocycles. The predicted octanol–water partition coefficient (Wildman–Crippen LogP) is 2.82. The minimum atomic E-state index is -0.803. The quantitative estimate of drug-likeness (QED) is 0.924. The van der Waals surface area contributed by atoms with Crippen LogP contribution in [0.15, 0.2) is 42.5 Å². The van der Waals surface area contributed by atoms with Crippen LogP contribution in [0.1, 0.15) is 10.4 Å². The fraction of sp³-hybridized carbons (Fsp3) is 0.188. The number of carbonyl (C=O) groups is 1. The molecule has 116 valence electrons. The first kappa shape index (κ1) is 15.9. The van der Waals surface area contributed by atoms with Crippen molar-refractivity contribution in [2.45, 2.75) is 0 Å². The Morgan fingerprint density at radius 2 is 1.86 bits per heavy atom. The molecule has 0 unspecified atom stereocenters. The van der Waals surface area contributed by atoms with Crippen molar-refractivity contribution in [1.82, 2.24) is 4.90 Å². The van der Waals surface area contributed by atoms with E-state index in [1.807, 2.05) is 0 Å². The second-order valence-electron chi connectivity index (χ2n) is 4.65. The molecule has 22 heavy (non-hydrogen) atoms. The summed E-state index contributed by atoms with van der Waals surface area (Å²) in [5.74, 6) is -1.50. The Hall–Kier alpha value is -2.47. The zero-order valence-corrected chi connectivity index (χ0v) is 11.9. The smallest absolute Gasteiger partial charge is 0.253 e. The Morgan fingerprint density at radius 1 is 1.18 bits per heavy atom. The summed E-state index contributed by atoms with van der Waals surface area (Å²) in [6.07, 6.45) is 0. The van der Waals surface area contributed by atoms with Crippen molar-refractivity contribution in [3.05, 3.63) is 59.7 Å². The Kier molecular flexibility index (Phi) is 5.06. The standard InChI is InChI=1S/C16H15F2NO3/c1-19(8-9-20)16(21)11-2-5-13(6-3-11)22-15-7-4-12(17)10-14(15)18/h2-7,10,20H,8-9H2,1H3. The number of carbonyl (C=O) groups excluding carboxylic acids is 1. The molecule has 2 rings (SSSR count). The van der Waals surface area contributed by atoms with Crippen LogP contribution in [0.5, 0.6) is 11.5 Å². The van der Waals surface area contributed by atoms with E-state index in [9.17, 15) is 13.6 Å². The van der Waals surface area contributed by atoms with Crippen LogP contribution in [0.2, 0.25) is 0 Å². The van der Waals surface area contributed by atoms with E-state index in [1.54, 1.807) is 7.05 Å². The fourth-order valence-corrected chi connectivity index (χ4v) is 1.82. The number of aliphatic hydroxyl groups is 1. The van der Waals surface area contributed by atoms with Gasteiger partial charge < -0.3 is 14.7 Å². The van der Waals surface area contributed by atoms with Gasteiger partial charge in [-0.3, -0.25) is 4.79 Å². The zero-order valence-electron chi connectivity index (χ0n) is 11.9. The first-order chi connectivity index (χ1) is 10.5. The molecule has 0 atom stereocenters. The van der Waals surface area contributed by atoms with Gasteiger partial charge in [0, 0.05) is 25.2 Å².